The van der Waals surface area contributed by atoms with Gasteiger partial charge in [-0.1, -0.05) is 11.6 Å². The molecule has 0 unspecified atom stereocenters. The minimum Gasteiger partial charge on any atom is -1.00 e. The van der Waals surface area contributed by atoms with E-state index in [0.29, 0.717) is 11.0 Å². The van der Waals surface area contributed by atoms with Gasteiger partial charge in [-0.25, -0.2) is 9.97 Å². The van der Waals surface area contributed by atoms with Crippen LogP contribution in [0.25, 0.3) is 10.8 Å². The van der Waals surface area contributed by atoms with Crippen molar-refractivity contribution < 1.29 is 26.8 Å². The molecule has 0 radical (unpaired) electrons. The van der Waals surface area contributed by atoms with Gasteiger partial charge in [-0.2, -0.15) is 0 Å². The van der Waals surface area contributed by atoms with Crippen LogP contribution in [-0.4, -0.2) is 44.2 Å². The fraction of sp³-hybridized carbons (Fsp3) is 0.400. The molecule has 3 rings (SSSR count). The van der Waals surface area contributed by atoms with E-state index >= 15 is 0 Å². The molecule has 2 heterocycles. The zero-order valence-corrected chi connectivity index (χ0v) is 16.7. The summed E-state index contributed by atoms with van der Waals surface area (Å²) < 4.78 is 5.77. The number of aromatic nitrogens is 2. The number of aliphatic hydroxyl groups is 1. The van der Waals surface area contributed by atoms with Gasteiger partial charge in [0.15, 0.2) is 0 Å². The predicted octanol–water partition coefficient (Wildman–Crippen LogP) is 0.125. The Hall–Kier alpha value is -0.144. The third-order valence-electron chi connectivity index (χ3n) is 3.16. The summed E-state index contributed by atoms with van der Waals surface area (Å²) in [5.41, 5.74) is -0.274. The molecule has 0 bridgehead atoms. The van der Waals surface area contributed by atoms with Crippen molar-refractivity contribution in [3.8, 4) is 5.88 Å². The molecule has 116 valence electrons. The van der Waals surface area contributed by atoms with E-state index in [-0.39, 0.29) is 53.6 Å². The molecule has 1 fully saturated rings. The molecule has 0 atom stereocenters. The van der Waals surface area contributed by atoms with Crippen molar-refractivity contribution in [1.82, 2.24) is 9.97 Å². The summed E-state index contributed by atoms with van der Waals surface area (Å²) in [6.07, 6.45) is 5.70. The Morgan fingerprint density at radius 1 is 1.23 bits per heavy atom. The molecular weight excluding hydrogens is 380 g/mol. The van der Waals surface area contributed by atoms with E-state index in [1.807, 2.05) is 0 Å². The zero-order valence-electron chi connectivity index (χ0n) is 12.9. The van der Waals surface area contributed by atoms with E-state index in [0.717, 1.165) is 29.2 Å². The minimum absolute atomic E-state index is 0. The number of pyridine rings is 2. The topological polar surface area (TPSA) is 55.2 Å². The van der Waals surface area contributed by atoms with Crippen molar-refractivity contribution in [3.05, 3.63) is 36.6 Å². The fourth-order valence-electron chi connectivity index (χ4n) is 2.01. The van der Waals surface area contributed by atoms with Crippen LogP contribution >= 0.6 is 11.6 Å². The normalized spacial score (nSPS) is 13.6. The van der Waals surface area contributed by atoms with Crippen LogP contribution in [0.2, 0.25) is 5.15 Å². The smallest absolute Gasteiger partial charge is 1.00 e. The van der Waals surface area contributed by atoms with Crippen molar-refractivity contribution in [2.45, 2.75) is 38.4 Å². The number of fused-ring (bicyclic) bond motifs is 1. The van der Waals surface area contributed by atoms with Crippen LogP contribution < -0.4 is 21.7 Å². The summed E-state index contributed by atoms with van der Waals surface area (Å²) >= 11 is 5.96. The van der Waals surface area contributed by atoms with Gasteiger partial charge in [0.05, 0.1) is 11.0 Å². The van der Waals surface area contributed by atoms with Gasteiger partial charge in [-0.15, -0.1) is 0 Å². The summed E-state index contributed by atoms with van der Waals surface area (Å²) in [4.78, 5) is 8.40. The van der Waals surface area contributed by atoms with Gasteiger partial charge in [0, 0.05) is 18.0 Å². The van der Waals surface area contributed by atoms with E-state index in [1.54, 1.807) is 32.3 Å². The van der Waals surface area contributed by atoms with Crippen LogP contribution in [0.15, 0.2) is 18.5 Å². The Labute approximate surface area is 162 Å². The first kappa shape index (κ1) is 21.9. The predicted molar refractivity (Wildman–Crippen MR) is 85.6 cm³/mol. The molecular formula is C15H18BrClMgN2O2. The van der Waals surface area contributed by atoms with Gasteiger partial charge in [-0.05, 0) is 38.1 Å². The number of ether oxygens (including phenoxy) is 1. The second-order valence-electron chi connectivity index (χ2n) is 5.41. The van der Waals surface area contributed by atoms with Gasteiger partial charge in [0.2, 0.25) is 5.88 Å². The molecule has 0 aromatic carbocycles. The second-order valence-corrected chi connectivity index (χ2v) is 5.79. The summed E-state index contributed by atoms with van der Waals surface area (Å²) in [6.45, 7) is 3.44. The summed E-state index contributed by atoms with van der Waals surface area (Å²) in [5.74, 6) is 0.565. The maximum Gasteiger partial charge on any atom is 2.00 e. The molecule has 2 aromatic heterocycles. The standard InChI is InChI=1S/C14H15ClN2O2.CH3.BrH.Mg/c1-14(2,18)11-7-17-13(19-8-3-4-8)10-6-16-12(15)5-9(10)11;;;/h5-8,18H,3-4H2,1-2H3;1H3;1H;/q;-1;;+2/p-1. The minimum atomic E-state index is -0.992. The average Bonchev–Trinajstić information content (AvgIpc) is 3.11. The largest absolute Gasteiger partial charge is 2.00 e. The van der Waals surface area contributed by atoms with Crippen molar-refractivity contribution in [2.24, 2.45) is 0 Å². The Bertz CT molecular complexity index is 645. The average molecular weight is 398 g/mol. The van der Waals surface area contributed by atoms with E-state index in [9.17, 15) is 5.11 Å². The molecule has 0 aliphatic heterocycles. The van der Waals surface area contributed by atoms with Gasteiger partial charge >= 0.3 is 23.1 Å². The van der Waals surface area contributed by atoms with E-state index < -0.39 is 5.60 Å². The van der Waals surface area contributed by atoms with Gasteiger partial charge < -0.3 is 34.3 Å². The number of hydrogen-bond acceptors (Lipinski definition) is 4. The van der Waals surface area contributed by atoms with Crippen LogP contribution in [0.1, 0.15) is 32.3 Å². The second kappa shape index (κ2) is 8.10. The molecule has 1 N–H and O–H groups in total. The molecule has 22 heavy (non-hydrogen) atoms. The maximum atomic E-state index is 10.2. The molecule has 7 heteroatoms. The summed E-state index contributed by atoms with van der Waals surface area (Å²) in [5, 5.41) is 12.2. The van der Waals surface area contributed by atoms with Crippen LogP contribution in [0.4, 0.5) is 0 Å². The van der Waals surface area contributed by atoms with Crippen molar-refractivity contribution in [3.63, 3.8) is 0 Å². The van der Waals surface area contributed by atoms with Gasteiger partial charge in [0.1, 0.15) is 11.3 Å². The zero-order chi connectivity index (χ0) is 13.6. The molecule has 1 aliphatic rings. The van der Waals surface area contributed by atoms with Gasteiger partial charge in [0.25, 0.3) is 0 Å². The molecule has 0 spiro atoms. The van der Waals surface area contributed by atoms with Crippen LogP contribution in [0.5, 0.6) is 5.88 Å². The first-order valence-electron chi connectivity index (χ1n) is 6.29. The van der Waals surface area contributed by atoms with E-state index in [2.05, 4.69) is 9.97 Å². The van der Waals surface area contributed by atoms with Crippen molar-refractivity contribution in [2.75, 3.05) is 0 Å². The van der Waals surface area contributed by atoms with E-state index in [4.69, 9.17) is 16.3 Å². The number of nitrogens with zero attached hydrogens (tertiary/aromatic N) is 2. The van der Waals surface area contributed by atoms with Crippen LogP contribution in [0, 0.1) is 7.43 Å². The monoisotopic (exact) mass is 396 g/mol. The van der Waals surface area contributed by atoms with E-state index in [1.165, 1.54) is 0 Å². The molecule has 1 aliphatic carbocycles. The first-order valence-corrected chi connectivity index (χ1v) is 6.67. The number of halogens is 2. The molecule has 1 saturated carbocycles. The number of rotatable bonds is 3. The fourth-order valence-corrected chi connectivity index (χ4v) is 2.17. The Morgan fingerprint density at radius 3 is 2.41 bits per heavy atom. The third kappa shape index (κ3) is 4.68. The van der Waals surface area contributed by atoms with Crippen molar-refractivity contribution >= 4 is 45.4 Å². The van der Waals surface area contributed by atoms with Crippen molar-refractivity contribution in [1.29, 1.82) is 0 Å². The summed E-state index contributed by atoms with van der Waals surface area (Å²) in [7, 11) is 0. The summed E-state index contributed by atoms with van der Waals surface area (Å²) in [6, 6.07) is 1.74. The SMILES string of the molecule is CC(C)(O)c1cnc(OC2CC2)c2cnc(Cl)cc12.[Br-].[CH3-].[Mg+2]. The van der Waals surface area contributed by atoms with Crippen LogP contribution in [0.3, 0.4) is 0 Å². The molecule has 4 nitrogen and oxygen atoms in total. The Morgan fingerprint density at radius 2 is 1.86 bits per heavy atom. The first-order chi connectivity index (χ1) is 8.95. The number of hydrogen-bond donors (Lipinski definition) is 1. The van der Waals surface area contributed by atoms with Crippen LogP contribution in [-0.2, 0) is 5.60 Å². The third-order valence-corrected chi connectivity index (χ3v) is 3.37. The van der Waals surface area contributed by atoms with Gasteiger partial charge in [-0.3, -0.25) is 0 Å². The molecule has 0 saturated heterocycles. The molecule has 0 amide bonds. The molecule has 2 aromatic rings. The Balaban J connectivity index is 0.00000147. The maximum absolute atomic E-state index is 10.2. The quantitative estimate of drug-likeness (QED) is 0.454. The Kier molecular flexibility index (Phi) is 8.05.